The van der Waals surface area contributed by atoms with Gasteiger partial charge in [0, 0.05) is 35.2 Å². The van der Waals surface area contributed by atoms with E-state index in [1.165, 1.54) is 6.07 Å². The molecule has 3 unspecified atom stereocenters. The van der Waals surface area contributed by atoms with E-state index in [9.17, 15) is 4.39 Å². The summed E-state index contributed by atoms with van der Waals surface area (Å²) in [5.41, 5.74) is 2.37. The van der Waals surface area contributed by atoms with E-state index >= 15 is 0 Å². The van der Waals surface area contributed by atoms with Gasteiger partial charge in [-0.3, -0.25) is 9.98 Å². The maximum Gasteiger partial charge on any atom is 0.132 e. The SMILES string of the molecule is CC1=NC2/C(=C/C=C(\C)Cl)C(C)C(c3ccccc3F)=NCC2C=N1. The zero-order valence-corrected chi connectivity index (χ0v) is 15.3. The normalized spacial score (nSPS) is 28.3. The van der Waals surface area contributed by atoms with Crippen molar-refractivity contribution in [3.63, 3.8) is 0 Å². The van der Waals surface area contributed by atoms with Crippen molar-refractivity contribution in [2.24, 2.45) is 26.8 Å². The lowest BCUT2D eigenvalue weighted by molar-refractivity contribution is 0.588. The van der Waals surface area contributed by atoms with Crippen LogP contribution < -0.4 is 0 Å². The molecule has 0 amide bonds. The topological polar surface area (TPSA) is 37.1 Å². The Morgan fingerprint density at radius 1 is 1.32 bits per heavy atom. The van der Waals surface area contributed by atoms with Crippen molar-refractivity contribution < 1.29 is 4.39 Å². The number of aliphatic imine (C=N–C) groups is 3. The van der Waals surface area contributed by atoms with Crippen molar-refractivity contribution in [1.29, 1.82) is 0 Å². The number of halogens is 2. The largest absolute Gasteiger partial charge is 0.288 e. The minimum absolute atomic E-state index is 0.0483. The highest BCUT2D eigenvalue weighted by Crippen LogP contribution is 2.32. The van der Waals surface area contributed by atoms with E-state index in [1.54, 1.807) is 12.1 Å². The summed E-state index contributed by atoms with van der Waals surface area (Å²) in [6.45, 7) is 6.31. The summed E-state index contributed by atoms with van der Waals surface area (Å²) >= 11 is 6.03. The lowest BCUT2D eigenvalue weighted by Crippen LogP contribution is -2.30. The van der Waals surface area contributed by atoms with Gasteiger partial charge in [0.1, 0.15) is 11.7 Å². The molecular formula is C20H21ClFN3. The van der Waals surface area contributed by atoms with E-state index in [1.807, 2.05) is 45.2 Å². The minimum atomic E-state index is -0.255. The van der Waals surface area contributed by atoms with Crippen LogP contribution in [0.25, 0.3) is 0 Å². The van der Waals surface area contributed by atoms with Crippen molar-refractivity contribution in [3.05, 3.63) is 58.4 Å². The molecular weight excluding hydrogens is 337 g/mol. The third kappa shape index (κ3) is 3.79. The van der Waals surface area contributed by atoms with E-state index in [2.05, 4.69) is 4.99 Å². The number of fused-ring (bicyclic) bond motifs is 1. The van der Waals surface area contributed by atoms with Crippen molar-refractivity contribution >= 4 is 29.4 Å². The molecule has 0 N–H and O–H groups in total. The summed E-state index contributed by atoms with van der Waals surface area (Å²) in [6, 6.07) is 6.73. The summed E-state index contributed by atoms with van der Waals surface area (Å²) in [7, 11) is 0. The Morgan fingerprint density at radius 3 is 2.80 bits per heavy atom. The second kappa shape index (κ2) is 7.44. The molecule has 1 aromatic rings. The second-order valence-corrected chi connectivity index (χ2v) is 7.01. The Bertz CT molecular complexity index is 816. The van der Waals surface area contributed by atoms with E-state index in [0.717, 1.165) is 17.1 Å². The van der Waals surface area contributed by atoms with Crippen molar-refractivity contribution in [1.82, 2.24) is 0 Å². The number of allylic oxidation sites excluding steroid dienone is 3. The van der Waals surface area contributed by atoms with Gasteiger partial charge in [0.2, 0.25) is 0 Å². The summed E-state index contributed by atoms with van der Waals surface area (Å²) < 4.78 is 14.4. The van der Waals surface area contributed by atoms with Gasteiger partial charge in [0.25, 0.3) is 0 Å². The Kier molecular flexibility index (Phi) is 5.28. The lowest BCUT2D eigenvalue weighted by atomic mass is 9.83. The highest BCUT2D eigenvalue weighted by atomic mass is 35.5. The highest BCUT2D eigenvalue weighted by molar-refractivity contribution is 6.29. The molecule has 5 heteroatoms. The van der Waals surface area contributed by atoms with E-state index in [0.29, 0.717) is 17.1 Å². The molecule has 0 spiro atoms. The predicted octanol–water partition coefficient (Wildman–Crippen LogP) is 4.82. The number of rotatable bonds is 2. The van der Waals surface area contributed by atoms with E-state index in [-0.39, 0.29) is 23.7 Å². The molecule has 3 nitrogen and oxygen atoms in total. The molecule has 3 atom stereocenters. The monoisotopic (exact) mass is 357 g/mol. The van der Waals surface area contributed by atoms with Crippen LogP contribution in [0.4, 0.5) is 4.39 Å². The van der Waals surface area contributed by atoms with Gasteiger partial charge in [-0.1, -0.05) is 42.8 Å². The second-order valence-electron chi connectivity index (χ2n) is 6.41. The van der Waals surface area contributed by atoms with Crippen LogP contribution in [0.2, 0.25) is 0 Å². The van der Waals surface area contributed by atoms with Crippen LogP contribution in [0.15, 0.2) is 62.0 Å². The van der Waals surface area contributed by atoms with Crippen LogP contribution in [0.3, 0.4) is 0 Å². The molecule has 0 aromatic heterocycles. The summed E-state index contributed by atoms with van der Waals surface area (Å²) in [5, 5.41) is 0.690. The van der Waals surface area contributed by atoms with E-state index in [4.69, 9.17) is 21.6 Å². The average molecular weight is 358 g/mol. The maximum atomic E-state index is 14.4. The van der Waals surface area contributed by atoms with Gasteiger partial charge in [-0.15, -0.1) is 0 Å². The van der Waals surface area contributed by atoms with Crippen molar-refractivity contribution in [2.45, 2.75) is 26.8 Å². The first-order chi connectivity index (χ1) is 12.0. The van der Waals surface area contributed by atoms with Crippen LogP contribution in [0.1, 0.15) is 26.3 Å². The average Bonchev–Trinajstić information content (AvgIpc) is 2.70. The van der Waals surface area contributed by atoms with Crippen LogP contribution in [0.5, 0.6) is 0 Å². The van der Waals surface area contributed by atoms with Gasteiger partial charge in [-0.05, 0) is 31.6 Å². The molecule has 0 saturated carbocycles. The molecule has 2 aliphatic rings. The zero-order chi connectivity index (χ0) is 18.0. The van der Waals surface area contributed by atoms with Gasteiger partial charge in [-0.2, -0.15) is 0 Å². The molecule has 0 bridgehead atoms. The Balaban J connectivity index is 2.11. The maximum absolute atomic E-state index is 14.4. The molecule has 2 aliphatic heterocycles. The standard InChI is InChI=1S/C20H21ClFN3/c1-12(21)8-9-16-13(2)19(17-6-4-5-7-18(17)22)24-11-15-10-23-14(3)25-20(15)16/h4-10,13,15,20H,11H2,1-3H3/b12-8+,16-9+. The molecule has 2 heterocycles. The first-order valence-corrected chi connectivity index (χ1v) is 8.77. The molecule has 1 aromatic carbocycles. The third-order valence-corrected chi connectivity index (χ3v) is 4.69. The predicted molar refractivity (Wildman–Crippen MR) is 104 cm³/mol. The summed E-state index contributed by atoms with van der Waals surface area (Å²) in [6.07, 6.45) is 5.78. The van der Waals surface area contributed by atoms with Gasteiger partial charge >= 0.3 is 0 Å². The Labute approximate surface area is 152 Å². The fourth-order valence-corrected chi connectivity index (χ4v) is 3.34. The fourth-order valence-electron chi connectivity index (χ4n) is 3.28. The Hall–Kier alpha value is -2.07. The molecule has 3 rings (SSSR count). The molecule has 0 saturated heterocycles. The molecule has 0 fully saturated rings. The molecule has 0 aliphatic carbocycles. The van der Waals surface area contributed by atoms with Crippen LogP contribution in [0, 0.1) is 17.7 Å². The van der Waals surface area contributed by atoms with Crippen LogP contribution in [-0.4, -0.2) is 30.3 Å². The third-order valence-electron chi connectivity index (χ3n) is 4.56. The minimum Gasteiger partial charge on any atom is -0.288 e. The molecule has 130 valence electrons. The number of hydrogen-bond donors (Lipinski definition) is 0. The number of benzene rings is 1. The molecule has 0 radical (unpaired) electrons. The van der Waals surface area contributed by atoms with Crippen molar-refractivity contribution in [2.75, 3.05) is 6.54 Å². The Morgan fingerprint density at radius 2 is 2.08 bits per heavy atom. The number of amidine groups is 1. The van der Waals surface area contributed by atoms with Crippen molar-refractivity contribution in [3.8, 4) is 0 Å². The quantitative estimate of drug-likeness (QED) is 0.727. The van der Waals surface area contributed by atoms with E-state index < -0.39 is 0 Å². The zero-order valence-electron chi connectivity index (χ0n) is 14.6. The first kappa shape index (κ1) is 17.7. The molecule has 25 heavy (non-hydrogen) atoms. The fraction of sp³-hybridized carbons (Fsp3) is 0.350. The van der Waals surface area contributed by atoms with Gasteiger partial charge < -0.3 is 0 Å². The first-order valence-electron chi connectivity index (χ1n) is 8.39. The smallest absolute Gasteiger partial charge is 0.132 e. The summed E-state index contributed by atoms with van der Waals surface area (Å²) in [4.78, 5) is 13.8. The van der Waals surface area contributed by atoms with Gasteiger partial charge in [-0.25, -0.2) is 9.38 Å². The van der Waals surface area contributed by atoms with Gasteiger partial charge in [0.15, 0.2) is 0 Å². The number of hydrogen-bond acceptors (Lipinski definition) is 3. The lowest BCUT2D eigenvalue weighted by Gasteiger charge is -2.26. The summed E-state index contributed by atoms with van der Waals surface area (Å²) in [5.74, 6) is 0.503. The number of nitrogens with zero attached hydrogens (tertiary/aromatic N) is 3. The van der Waals surface area contributed by atoms with Crippen LogP contribution in [-0.2, 0) is 0 Å². The highest BCUT2D eigenvalue weighted by Gasteiger charge is 2.34. The van der Waals surface area contributed by atoms with Gasteiger partial charge in [0.05, 0.1) is 11.8 Å². The van der Waals surface area contributed by atoms with Crippen LogP contribution >= 0.6 is 11.6 Å².